The van der Waals surface area contributed by atoms with Crippen LogP contribution in [0.1, 0.15) is 0 Å². The van der Waals surface area contributed by atoms with Crippen LogP contribution in [0, 0.1) is 10.1 Å². The van der Waals surface area contributed by atoms with Gasteiger partial charge in [0.15, 0.2) is 0 Å². The van der Waals surface area contributed by atoms with Crippen molar-refractivity contribution in [1.82, 2.24) is 0 Å². The van der Waals surface area contributed by atoms with Crippen LogP contribution >= 0.6 is 0 Å². The summed E-state index contributed by atoms with van der Waals surface area (Å²) >= 11 is 0. The van der Waals surface area contributed by atoms with Crippen LogP contribution < -0.4 is 4.74 Å². The van der Waals surface area contributed by atoms with Gasteiger partial charge in [-0.15, -0.1) is 13.2 Å². The van der Waals surface area contributed by atoms with Gasteiger partial charge in [0.05, 0.1) is 11.0 Å². The number of benzene rings is 1. The fourth-order valence-electron chi connectivity index (χ4n) is 0.794. The van der Waals surface area contributed by atoms with Gasteiger partial charge in [0.2, 0.25) is 0 Å². The van der Waals surface area contributed by atoms with Gasteiger partial charge in [-0.1, -0.05) is 6.07 Å². The number of rotatable bonds is 2. The molecular weight excluding hydrogens is 203 g/mol. The molecule has 0 aliphatic rings. The van der Waals surface area contributed by atoms with Gasteiger partial charge in [-0.3, -0.25) is 10.1 Å². The monoisotopic (exact) mass is 207 g/mol. The number of nitro groups is 1. The van der Waals surface area contributed by atoms with E-state index in [1.165, 1.54) is 0 Å². The summed E-state index contributed by atoms with van der Waals surface area (Å²) in [5, 5.41) is 10.2. The SMILES string of the molecule is O=[N+]([O-])c1cccc(OC(F)(F)F)c1. The standard InChI is InChI=1S/C7H4F3NO3/c8-7(9,10)14-6-3-1-2-5(4-6)11(12)13/h1-4H. The van der Waals surface area contributed by atoms with E-state index in [1.807, 2.05) is 0 Å². The number of halogens is 3. The maximum atomic E-state index is 11.7. The zero-order valence-corrected chi connectivity index (χ0v) is 6.62. The van der Waals surface area contributed by atoms with E-state index >= 15 is 0 Å². The van der Waals surface area contributed by atoms with E-state index in [-0.39, 0.29) is 0 Å². The molecule has 0 fully saturated rings. The van der Waals surface area contributed by atoms with E-state index in [9.17, 15) is 23.3 Å². The number of non-ortho nitro benzene ring substituents is 1. The number of nitro benzene ring substituents is 1. The summed E-state index contributed by atoms with van der Waals surface area (Å²) in [4.78, 5) is 9.39. The molecule has 0 spiro atoms. The van der Waals surface area contributed by atoms with Gasteiger partial charge < -0.3 is 4.74 Å². The second-order valence-corrected chi connectivity index (χ2v) is 2.30. The lowest BCUT2D eigenvalue weighted by Gasteiger charge is -2.07. The van der Waals surface area contributed by atoms with Gasteiger partial charge in [-0.05, 0) is 6.07 Å². The normalized spacial score (nSPS) is 11.1. The van der Waals surface area contributed by atoms with E-state index in [2.05, 4.69) is 4.74 Å². The van der Waals surface area contributed by atoms with Crippen LogP contribution in [0.2, 0.25) is 0 Å². The molecule has 76 valence electrons. The molecule has 0 aliphatic carbocycles. The van der Waals surface area contributed by atoms with Gasteiger partial charge in [-0.25, -0.2) is 0 Å². The van der Waals surface area contributed by atoms with E-state index < -0.39 is 22.7 Å². The quantitative estimate of drug-likeness (QED) is 0.552. The maximum absolute atomic E-state index is 11.7. The van der Waals surface area contributed by atoms with Crippen molar-refractivity contribution in [3.8, 4) is 5.75 Å². The van der Waals surface area contributed by atoms with E-state index in [0.717, 1.165) is 18.2 Å². The first-order chi connectivity index (χ1) is 6.38. The summed E-state index contributed by atoms with van der Waals surface area (Å²) < 4.78 is 38.5. The van der Waals surface area contributed by atoms with Crippen LogP contribution in [0.5, 0.6) is 5.75 Å². The Morgan fingerprint density at radius 3 is 2.50 bits per heavy atom. The lowest BCUT2D eigenvalue weighted by atomic mass is 10.3. The predicted molar refractivity (Wildman–Crippen MR) is 39.8 cm³/mol. The molecule has 0 saturated heterocycles. The average molecular weight is 207 g/mol. The van der Waals surface area contributed by atoms with Gasteiger partial charge in [0, 0.05) is 6.07 Å². The van der Waals surface area contributed by atoms with Crippen molar-refractivity contribution in [2.45, 2.75) is 6.36 Å². The molecule has 0 saturated carbocycles. The zero-order valence-electron chi connectivity index (χ0n) is 6.62. The third-order valence-corrected chi connectivity index (χ3v) is 1.26. The van der Waals surface area contributed by atoms with Crippen LogP contribution in [0.3, 0.4) is 0 Å². The van der Waals surface area contributed by atoms with Gasteiger partial charge >= 0.3 is 6.36 Å². The van der Waals surface area contributed by atoms with Gasteiger partial charge in [0.25, 0.3) is 5.69 Å². The molecule has 0 amide bonds. The van der Waals surface area contributed by atoms with Crippen molar-refractivity contribution in [2.75, 3.05) is 0 Å². The summed E-state index contributed by atoms with van der Waals surface area (Å²) in [5.41, 5.74) is -0.452. The Morgan fingerprint density at radius 1 is 1.36 bits per heavy atom. The Morgan fingerprint density at radius 2 is 2.00 bits per heavy atom. The lowest BCUT2D eigenvalue weighted by Crippen LogP contribution is -2.17. The highest BCUT2D eigenvalue weighted by atomic mass is 19.4. The highest BCUT2D eigenvalue weighted by Gasteiger charge is 2.31. The Balaban J connectivity index is 2.89. The first-order valence-corrected chi connectivity index (χ1v) is 3.39. The van der Waals surface area contributed by atoms with Gasteiger partial charge in [-0.2, -0.15) is 0 Å². The molecule has 1 rings (SSSR count). The van der Waals surface area contributed by atoms with Crippen LogP contribution in [-0.2, 0) is 0 Å². The molecule has 1 aromatic rings. The highest BCUT2D eigenvalue weighted by Crippen LogP contribution is 2.25. The number of alkyl halides is 3. The maximum Gasteiger partial charge on any atom is 0.573 e. The number of nitrogens with zero attached hydrogens (tertiary/aromatic N) is 1. The summed E-state index contributed by atoms with van der Waals surface area (Å²) in [7, 11) is 0. The molecule has 4 nitrogen and oxygen atoms in total. The number of hydrogen-bond donors (Lipinski definition) is 0. The third kappa shape index (κ3) is 2.92. The van der Waals surface area contributed by atoms with Crippen LogP contribution in [0.15, 0.2) is 24.3 Å². The summed E-state index contributed by atoms with van der Waals surface area (Å²) in [6.07, 6.45) is -4.84. The molecule has 0 aliphatic heterocycles. The molecule has 0 unspecified atom stereocenters. The molecule has 0 aromatic heterocycles. The molecule has 14 heavy (non-hydrogen) atoms. The Kier molecular flexibility index (Phi) is 2.59. The fraction of sp³-hybridized carbons (Fsp3) is 0.143. The molecule has 7 heteroatoms. The molecule has 0 bridgehead atoms. The fourth-order valence-corrected chi connectivity index (χ4v) is 0.794. The van der Waals surface area contributed by atoms with Crippen molar-refractivity contribution in [3.63, 3.8) is 0 Å². The molecule has 0 atom stereocenters. The smallest absolute Gasteiger partial charge is 0.406 e. The number of hydrogen-bond acceptors (Lipinski definition) is 3. The minimum Gasteiger partial charge on any atom is -0.406 e. The zero-order chi connectivity index (χ0) is 10.8. The van der Waals surface area contributed by atoms with E-state index in [0.29, 0.717) is 6.07 Å². The average Bonchev–Trinajstić information content (AvgIpc) is 2.01. The second kappa shape index (κ2) is 3.52. The Hall–Kier alpha value is -1.79. The van der Waals surface area contributed by atoms with Crippen LogP contribution in [0.25, 0.3) is 0 Å². The summed E-state index contributed by atoms with van der Waals surface area (Å²) in [5.74, 6) is -0.605. The first kappa shape index (κ1) is 10.3. The third-order valence-electron chi connectivity index (χ3n) is 1.26. The summed E-state index contributed by atoms with van der Waals surface area (Å²) in [6.45, 7) is 0. The molecular formula is C7H4F3NO3. The summed E-state index contributed by atoms with van der Waals surface area (Å²) in [6, 6.07) is 3.87. The Bertz CT molecular complexity index is 350. The first-order valence-electron chi connectivity index (χ1n) is 3.39. The largest absolute Gasteiger partial charge is 0.573 e. The topological polar surface area (TPSA) is 52.4 Å². The van der Waals surface area contributed by atoms with Crippen LogP contribution in [-0.4, -0.2) is 11.3 Å². The minimum absolute atomic E-state index is 0.452. The molecule has 0 N–H and O–H groups in total. The lowest BCUT2D eigenvalue weighted by molar-refractivity contribution is -0.385. The van der Waals surface area contributed by atoms with E-state index in [1.54, 1.807) is 0 Å². The van der Waals surface area contributed by atoms with Crippen LogP contribution in [0.4, 0.5) is 18.9 Å². The highest BCUT2D eigenvalue weighted by molar-refractivity contribution is 5.37. The second-order valence-electron chi connectivity index (χ2n) is 2.30. The Labute approximate surface area is 76.1 Å². The minimum atomic E-state index is -4.84. The number of ether oxygens (including phenoxy) is 1. The van der Waals surface area contributed by atoms with Gasteiger partial charge in [0.1, 0.15) is 5.75 Å². The van der Waals surface area contributed by atoms with Crippen molar-refractivity contribution in [2.24, 2.45) is 0 Å². The predicted octanol–water partition coefficient (Wildman–Crippen LogP) is 2.49. The van der Waals surface area contributed by atoms with Crippen molar-refractivity contribution < 1.29 is 22.8 Å². The van der Waals surface area contributed by atoms with Crippen molar-refractivity contribution >= 4 is 5.69 Å². The van der Waals surface area contributed by atoms with Crippen molar-refractivity contribution in [1.29, 1.82) is 0 Å². The van der Waals surface area contributed by atoms with E-state index in [4.69, 9.17) is 0 Å². The van der Waals surface area contributed by atoms with Crippen molar-refractivity contribution in [3.05, 3.63) is 34.4 Å². The molecule has 0 heterocycles. The molecule has 1 aromatic carbocycles. The molecule has 0 radical (unpaired) electrons.